The fourth-order valence-corrected chi connectivity index (χ4v) is 1.37. The SMILES string of the molecule is CC(CC(=O)O)CC(=O)NCCc1ncno1. The molecule has 7 nitrogen and oxygen atoms in total. The lowest BCUT2D eigenvalue weighted by molar-refractivity contribution is -0.138. The van der Waals surface area contributed by atoms with Gasteiger partial charge in [-0.05, 0) is 5.92 Å². The summed E-state index contributed by atoms with van der Waals surface area (Å²) in [5, 5.41) is 14.6. The summed E-state index contributed by atoms with van der Waals surface area (Å²) in [7, 11) is 0. The minimum Gasteiger partial charge on any atom is -0.481 e. The largest absolute Gasteiger partial charge is 0.481 e. The first kappa shape index (κ1) is 13.1. The van der Waals surface area contributed by atoms with E-state index in [9.17, 15) is 9.59 Å². The molecule has 0 aliphatic heterocycles. The number of aliphatic carboxylic acids is 1. The average molecular weight is 241 g/mol. The molecule has 0 bridgehead atoms. The highest BCUT2D eigenvalue weighted by Gasteiger charge is 2.12. The lowest BCUT2D eigenvalue weighted by Crippen LogP contribution is -2.27. The molecule has 0 aliphatic carbocycles. The number of hydrogen-bond donors (Lipinski definition) is 2. The fourth-order valence-electron chi connectivity index (χ4n) is 1.37. The van der Waals surface area contributed by atoms with E-state index in [-0.39, 0.29) is 24.7 Å². The molecule has 1 unspecified atom stereocenters. The maximum absolute atomic E-state index is 11.4. The van der Waals surface area contributed by atoms with Gasteiger partial charge in [-0.2, -0.15) is 4.98 Å². The first-order valence-electron chi connectivity index (χ1n) is 5.32. The summed E-state index contributed by atoms with van der Waals surface area (Å²) in [6.07, 6.45) is 1.97. The van der Waals surface area contributed by atoms with E-state index in [2.05, 4.69) is 15.5 Å². The first-order valence-corrected chi connectivity index (χ1v) is 5.32. The van der Waals surface area contributed by atoms with Gasteiger partial charge >= 0.3 is 5.97 Å². The van der Waals surface area contributed by atoms with Gasteiger partial charge in [0.05, 0.1) is 0 Å². The van der Waals surface area contributed by atoms with Crippen LogP contribution in [-0.4, -0.2) is 33.7 Å². The van der Waals surface area contributed by atoms with Crippen LogP contribution in [0, 0.1) is 5.92 Å². The molecular weight excluding hydrogens is 226 g/mol. The van der Waals surface area contributed by atoms with Crippen molar-refractivity contribution in [1.29, 1.82) is 0 Å². The molecule has 1 heterocycles. The van der Waals surface area contributed by atoms with Crippen LogP contribution in [0.25, 0.3) is 0 Å². The molecule has 94 valence electrons. The number of carboxylic acids is 1. The highest BCUT2D eigenvalue weighted by Crippen LogP contribution is 2.06. The molecule has 0 aromatic carbocycles. The number of carboxylic acid groups (broad SMARTS) is 1. The molecule has 1 amide bonds. The van der Waals surface area contributed by atoms with Crippen molar-refractivity contribution >= 4 is 11.9 Å². The Morgan fingerprint density at radius 1 is 1.53 bits per heavy atom. The Bertz CT molecular complexity index is 364. The fraction of sp³-hybridized carbons (Fsp3) is 0.600. The molecule has 0 fully saturated rings. The standard InChI is InChI=1S/C10H15N3O4/c1-7(5-10(15)16)4-8(14)11-3-2-9-12-6-13-17-9/h6-7H,2-5H2,1H3,(H,11,14)(H,15,16). The van der Waals surface area contributed by atoms with E-state index >= 15 is 0 Å². The van der Waals surface area contributed by atoms with Gasteiger partial charge in [-0.3, -0.25) is 9.59 Å². The minimum atomic E-state index is -0.892. The molecule has 1 aromatic heterocycles. The molecule has 1 rings (SSSR count). The van der Waals surface area contributed by atoms with E-state index in [4.69, 9.17) is 9.63 Å². The van der Waals surface area contributed by atoms with E-state index in [1.807, 2.05) is 0 Å². The van der Waals surface area contributed by atoms with Crippen LogP contribution in [0.15, 0.2) is 10.9 Å². The molecule has 0 aliphatic rings. The third kappa shape index (κ3) is 5.64. The van der Waals surface area contributed by atoms with Crippen molar-refractivity contribution in [2.24, 2.45) is 5.92 Å². The molecule has 1 aromatic rings. The van der Waals surface area contributed by atoms with Gasteiger partial charge in [0.15, 0.2) is 6.33 Å². The quantitative estimate of drug-likeness (QED) is 0.707. The van der Waals surface area contributed by atoms with Crippen molar-refractivity contribution in [2.75, 3.05) is 6.54 Å². The zero-order valence-electron chi connectivity index (χ0n) is 9.55. The maximum atomic E-state index is 11.4. The third-order valence-electron chi connectivity index (χ3n) is 2.12. The van der Waals surface area contributed by atoms with Crippen LogP contribution in [0.5, 0.6) is 0 Å². The second kappa shape index (κ2) is 6.62. The van der Waals surface area contributed by atoms with Gasteiger partial charge < -0.3 is 14.9 Å². The van der Waals surface area contributed by atoms with Gasteiger partial charge in [0, 0.05) is 25.8 Å². The predicted octanol–water partition coefficient (Wildman–Crippen LogP) is 0.229. The number of aromatic nitrogens is 2. The molecule has 2 N–H and O–H groups in total. The Labute approximate surface area is 98.2 Å². The number of hydrogen-bond acceptors (Lipinski definition) is 5. The Morgan fingerprint density at radius 3 is 2.88 bits per heavy atom. The van der Waals surface area contributed by atoms with Crippen LogP contribution in [0.1, 0.15) is 25.7 Å². The van der Waals surface area contributed by atoms with Crippen LogP contribution in [0.4, 0.5) is 0 Å². The van der Waals surface area contributed by atoms with Crippen molar-refractivity contribution in [3.8, 4) is 0 Å². The molecule has 1 atom stereocenters. The van der Waals surface area contributed by atoms with Gasteiger partial charge in [-0.1, -0.05) is 12.1 Å². The van der Waals surface area contributed by atoms with Crippen molar-refractivity contribution in [1.82, 2.24) is 15.5 Å². The molecule has 0 saturated carbocycles. The van der Waals surface area contributed by atoms with Crippen molar-refractivity contribution < 1.29 is 19.2 Å². The Morgan fingerprint density at radius 2 is 2.29 bits per heavy atom. The lowest BCUT2D eigenvalue weighted by Gasteiger charge is -2.08. The van der Waals surface area contributed by atoms with Crippen molar-refractivity contribution in [3.05, 3.63) is 12.2 Å². The van der Waals surface area contributed by atoms with Gasteiger partial charge in [0.25, 0.3) is 0 Å². The van der Waals surface area contributed by atoms with Crippen LogP contribution in [0.2, 0.25) is 0 Å². The number of rotatable bonds is 7. The number of nitrogens with one attached hydrogen (secondary N) is 1. The highest BCUT2D eigenvalue weighted by molar-refractivity contribution is 5.77. The summed E-state index contributed by atoms with van der Waals surface area (Å²) >= 11 is 0. The number of nitrogens with zero attached hydrogens (tertiary/aromatic N) is 2. The molecule has 0 saturated heterocycles. The molecule has 17 heavy (non-hydrogen) atoms. The number of amides is 1. The monoisotopic (exact) mass is 241 g/mol. The summed E-state index contributed by atoms with van der Waals surface area (Å²) < 4.78 is 4.76. The second-order valence-corrected chi connectivity index (χ2v) is 3.84. The van der Waals surface area contributed by atoms with Crippen molar-refractivity contribution in [2.45, 2.75) is 26.2 Å². The Kier molecular flexibility index (Phi) is 5.12. The normalized spacial score (nSPS) is 12.1. The number of carbonyl (C=O) groups excluding carboxylic acids is 1. The lowest BCUT2D eigenvalue weighted by atomic mass is 10.0. The summed E-state index contributed by atoms with van der Waals surface area (Å²) in [5.41, 5.74) is 0. The molecule has 0 spiro atoms. The zero-order valence-corrected chi connectivity index (χ0v) is 9.55. The third-order valence-corrected chi connectivity index (χ3v) is 2.12. The van der Waals surface area contributed by atoms with Crippen LogP contribution >= 0.6 is 0 Å². The summed E-state index contributed by atoms with van der Waals surface area (Å²) in [6.45, 7) is 2.13. The highest BCUT2D eigenvalue weighted by atomic mass is 16.5. The van der Waals surface area contributed by atoms with E-state index in [0.717, 1.165) is 0 Å². The number of carbonyl (C=O) groups is 2. The summed E-state index contributed by atoms with van der Waals surface area (Å²) in [6, 6.07) is 0. The molecule has 7 heteroatoms. The second-order valence-electron chi connectivity index (χ2n) is 3.84. The van der Waals surface area contributed by atoms with Crippen molar-refractivity contribution in [3.63, 3.8) is 0 Å². The van der Waals surface area contributed by atoms with Gasteiger partial charge in [0.1, 0.15) is 0 Å². The summed E-state index contributed by atoms with van der Waals surface area (Å²) in [4.78, 5) is 25.6. The van der Waals surface area contributed by atoms with Crippen LogP contribution in [0.3, 0.4) is 0 Å². The van der Waals surface area contributed by atoms with E-state index in [0.29, 0.717) is 18.9 Å². The van der Waals surface area contributed by atoms with E-state index in [1.165, 1.54) is 6.33 Å². The van der Waals surface area contributed by atoms with E-state index in [1.54, 1.807) is 6.92 Å². The van der Waals surface area contributed by atoms with Crippen LogP contribution < -0.4 is 5.32 Å². The van der Waals surface area contributed by atoms with Gasteiger partial charge in [-0.25, -0.2) is 0 Å². The maximum Gasteiger partial charge on any atom is 0.303 e. The van der Waals surface area contributed by atoms with Crippen LogP contribution in [-0.2, 0) is 16.0 Å². The predicted molar refractivity (Wildman–Crippen MR) is 57.0 cm³/mol. The first-order chi connectivity index (χ1) is 8.08. The minimum absolute atomic E-state index is 0.00290. The topological polar surface area (TPSA) is 105 Å². The summed E-state index contributed by atoms with van der Waals surface area (Å²) in [5.74, 6) is -0.769. The smallest absolute Gasteiger partial charge is 0.303 e. The Hall–Kier alpha value is -1.92. The van der Waals surface area contributed by atoms with Gasteiger partial charge in [-0.15, -0.1) is 0 Å². The Balaban J connectivity index is 2.14. The molecular formula is C10H15N3O4. The zero-order chi connectivity index (χ0) is 12.7. The average Bonchev–Trinajstić information content (AvgIpc) is 2.68. The van der Waals surface area contributed by atoms with Gasteiger partial charge in [0.2, 0.25) is 11.8 Å². The van der Waals surface area contributed by atoms with E-state index < -0.39 is 5.97 Å². The molecule has 0 radical (unpaired) electrons.